The second kappa shape index (κ2) is 9.73. The minimum Gasteiger partial charge on any atom is -0.465 e. The van der Waals surface area contributed by atoms with E-state index >= 15 is 0 Å². The number of nitrogens with zero attached hydrogens (tertiary/aromatic N) is 2. The zero-order valence-corrected chi connectivity index (χ0v) is 19.7. The van der Waals surface area contributed by atoms with E-state index in [1.807, 2.05) is 0 Å². The Bertz CT molecular complexity index is 1430. The molecule has 0 unspecified atom stereocenters. The number of hydrogen-bond donors (Lipinski definition) is 2. The number of ether oxygens (including phenoxy) is 1. The Morgan fingerprint density at radius 3 is 2.44 bits per heavy atom. The minimum atomic E-state index is -4.50. The highest BCUT2D eigenvalue weighted by Crippen LogP contribution is 2.35. The van der Waals surface area contributed by atoms with E-state index in [4.69, 9.17) is 4.74 Å². The van der Waals surface area contributed by atoms with Crippen LogP contribution in [0, 0.1) is 0 Å². The number of anilines is 2. The smallest absolute Gasteiger partial charge is 0.416 e. The largest absolute Gasteiger partial charge is 0.465 e. The fourth-order valence-electron chi connectivity index (χ4n) is 3.94. The van der Waals surface area contributed by atoms with Crippen molar-refractivity contribution in [3.63, 3.8) is 0 Å². The molecule has 4 aromatic rings. The SMILES string of the molecule is COC(=O)c1ccc([C@H](C)NC(=O)c2c(Nc3cccc(C(F)(F)F)c3)c3cccnc3n2C)cc1. The molecule has 0 fully saturated rings. The van der Waals surface area contributed by atoms with Crippen LogP contribution >= 0.6 is 0 Å². The molecule has 10 heteroatoms. The lowest BCUT2D eigenvalue weighted by Gasteiger charge is -2.17. The predicted molar refractivity (Wildman–Crippen MR) is 129 cm³/mol. The number of aromatic nitrogens is 2. The van der Waals surface area contributed by atoms with E-state index < -0.39 is 29.7 Å². The van der Waals surface area contributed by atoms with Crippen LogP contribution in [-0.2, 0) is 18.0 Å². The zero-order chi connectivity index (χ0) is 26.0. The van der Waals surface area contributed by atoms with Crippen LogP contribution in [0.1, 0.15) is 44.9 Å². The van der Waals surface area contributed by atoms with Crippen molar-refractivity contribution < 1.29 is 27.5 Å². The Hall–Kier alpha value is -4.34. The molecule has 2 aromatic heterocycles. The maximum absolute atomic E-state index is 13.4. The van der Waals surface area contributed by atoms with Gasteiger partial charge in [0.25, 0.3) is 5.91 Å². The molecular weight excluding hydrogens is 473 g/mol. The van der Waals surface area contributed by atoms with Gasteiger partial charge in [-0.1, -0.05) is 18.2 Å². The summed E-state index contributed by atoms with van der Waals surface area (Å²) < 4.78 is 46.0. The van der Waals surface area contributed by atoms with Crippen LogP contribution in [0.3, 0.4) is 0 Å². The van der Waals surface area contributed by atoms with Crippen molar-refractivity contribution in [1.82, 2.24) is 14.9 Å². The third kappa shape index (κ3) is 4.88. The van der Waals surface area contributed by atoms with Crippen LogP contribution < -0.4 is 10.6 Å². The number of halogens is 3. The highest BCUT2D eigenvalue weighted by Gasteiger charge is 2.31. The maximum Gasteiger partial charge on any atom is 0.416 e. The number of hydrogen-bond acceptors (Lipinski definition) is 5. The molecule has 0 spiro atoms. The van der Waals surface area contributed by atoms with Gasteiger partial charge in [0.1, 0.15) is 11.3 Å². The maximum atomic E-state index is 13.4. The first-order valence-electron chi connectivity index (χ1n) is 11.0. The van der Waals surface area contributed by atoms with Gasteiger partial charge in [0.15, 0.2) is 0 Å². The predicted octanol–water partition coefficient (Wildman–Crippen LogP) is 5.61. The van der Waals surface area contributed by atoms with Crippen molar-refractivity contribution in [2.24, 2.45) is 7.05 Å². The first-order chi connectivity index (χ1) is 17.1. The van der Waals surface area contributed by atoms with E-state index in [1.54, 1.807) is 61.1 Å². The highest BCUT2D eigenvalue weighted by molar-refractivity contribution is 6.09. The molecule has 0 radical (unpaired) electrons. The molecule has 4 rings (SSSR count). The number of alkyl halides is 3. The molecule has 1 amide bonds. The molecule has 1 atom stereocenters. The Labute approximate surface area is 204 Å². The van der Waals surface area contributed by atoms with Gasteiger partial charge >= 0.3 is 12.1 Å². The lowest BCUT2D eigenvalue weighted by Crippen LogP contribution is -2.29. The van der Waals surface area contributed by atoms with Crippen molar-refractivity contribution in [3.8, 4) is 0 Å². The number of methoxy groups -OCH3 is 1. The quantitative estimate of drug-likeness (QED) is 0.339. The second-order valence-electron chi connectivity index (χ2n) is 8.17. The number of benzene rings is 2. The minimum absolute atomic E-state index is 0.182. The molecule has 0 aliphatic carbocycles. The lowest BCUT2D eigenvalue weighted by molar-refractivity contribution is -0.137. The Kier molecular flexibility index (Phi) is 6.69. The van der Waals surface area contributed by atoms with Crippen molar-refractivity contribution >= 4 is 34.3 Å². The van der Waals surface area contributed by atoms with Crippen LogP contribution in [-0.4, -0.2) is 28.5 Å². The van der Waals surface area contributed by atoms with Crippen molar-refractivity contribution in [3.05, 3.63) is 89.2 Å². The van der Waals surface area contributed by atoms with Gasteiger partial charge in [-0.05, 0) is 55.0 Å². The van der Waals surface area contributed by atoms with E-state index in [2.05, 4.69) is 15.6 Å². The van der Waals surface area contributed by atoms with E-state index in [9.17, 15) is 22.8 Å². The number of fused-ring (bicyclic) bond motifs is 1. The average molecular weight is 496 g/mol. The summed E-state index contributed by atoms with van der Waals surface area (Å²) >= 11 is 0. The van der Waals surface area contributed by atoms with E-state index in [0.717, 1.165) is 17.7 Å². The molecule has 0 saturated carbocycles. The van der Waals surface area contributed by atoms with Gasteiger partial charge in [-0.25, -0.2) is 9.78 Å². The van der Waals surface area contributed by atoms with Gasteiger partial charge in [-0.3, -0.25) is 4.79 Å². The van der Waals surface area contributed by atoms with Crippen LogP contribution in [0.4, 0.5) is 24.5 Å². The summed E-state index contributed by atoms with van der Waals surface area (Å²) in [5.41, 5.74) is 1.55. The highest BCUT2D eigenvalue weighted by atomic mass is 19.4. The summed E-state index contributed by atoms with van der Waals surface area (Å²) in [5, 5.41) is 6.49. The molecule has 2 N–H and O–H groups in total. The summed E-state index contributed by atoms with van der Waals surface area (Å²) in [7, 11) is 2.96. The average Bonchev–Trinajstić information content (AvgIpc) is 3.14. The van der Waals surface area contributed by atoms with Crippen molar-refractivity contribution in [2.45, 2.75) is 19.1 Å². The molecule has 0 aliphatic rings. The monoisotopic (exact) mass is 496 g/mol. The first kappa shape index (κ1) is 24.8. The molecule has 2 aromatic carbocycles. The Morgan fingerprint density at radius 1 is 1.06 bits per heavy atom. The molecule has 36 heavy (non-hydrogen) atoms. The van der Waals surface area contributed by atoms with E-state index in [1.165, 1.54) is 19.2 Å². The fourth-order valence-corrected chi connectivity index (χ4v) is 3.94. The number of nitrogens with one attached hydrogen (secondary N) is 2. The molecule has 7 nitrogen and oxygen atoms in total. The van der Waals surface area contributed by atoms with E-state index in [0.29, 0.717) is 22.3 Å². The number of aryl methyl sites for hydroxylation is 1. The third-order valence-electron chi connectivity index (χ3n) is 5.80. The molecule has 2 heterocycles. The van der Waals surface area contributed by atoms with Crippen LogP contribution in [0.2, 0.25) is 0 Å². The number of esters is 1. The molecule has 0 saturated heterocycles. The number of rotatable bonds is 6. The Balaban J connectivity index is 1.67. The first-order valence-corrected chi connectivity index (χ1v) is 11.0. The van der Waals surface area contributed by atoms with Crippen LogP contribution in [0.25, 0.3) is 11.0 Å². The molecule has 186 valence electrons. The zero-order valence-electron chi connectivity index (χ0n) is 19.7. The number of carbonyl (C=O) groups excluding carboxylic acids is 2. The van der Waals surface area contributed by atoms with Gasteiger partial charge in [0, 0.05) is 24.3 Å². The normalized spacial score (nSPS) is 12.3. The number of carbonyl (C=O) groups is 2. The molecular formula is C26H23F3N4O3. The third-order valence-corrected chi connectivity index (χ3v) is 5.80. The summed E-state index contributed by atoms with van der Waals surface area (Å²) in [6.07, 6.45) is -2.93. The van der Waals surface area contributed by atoms with E-state index in [-0.39, 0.29) is 11.4 Å². The summed E-state index contributed by atoms with van der Waals surface area (Å²) in [5.74, 6) is -0.916. The summed E-state index contributed by atoms with van der Waals surface area (Å²) in [6, 6.07) is 14.4. The second-order valence-corrected chi connectivity index (χ2v) is 8.17. The lowest BCUT2D eigenvalue weighted by atomic mass is 10.1. The van der Waals surface area contributed by atoms with Crippen LogP contribution in [0.15, 0.2) is 66.9 Å². The van der Waals surface area contributed by atoms with Gasteiger partial charge < -0.3 is 19.9 Å². The summed E-state index contributed by atoms with van der Waals surface area (Å²) in [6.45, 7) is 1.78. The van der Waals surface area contributed by atoms with Crippen molar-refractivity contribution in [2.75, 3.05) is 12.4 Å². The topological polar surface area (TPSA) is 85.2 Å². The fraction of sp³-hybridized carbons (Fsp3) is 0.192. The number of amides is 1. The van der Waals surface area contributed by atoms with Gasteiger partial charge in [0.2, 0.25) is 0 Å². The van der Waals surface area contributed by atoms with Gasteiger partial charge in [-0.15, -0.1) is 0 Å². The summed E-state index contributed by atoms with van der Waals surface area (Å²) in [4.78, 5) is 29.4. The Morgan fingerprint density at radius 2 is 1.78 bits per heavy atom. The molecule has 0 bridgehead atoms. The van der Waals surface area contributed by atoms with Gasteiger partial charge in [-0.2, -0.15) is 13.2 Å². The van der Waals surface area contributed by atoms with Crippen LogP contribution in [0.5, 0.6) is 0 Å². The number of pyridine rings is 1. The van der Waals surface area contributed by atoms with Crippen molar-refractivity contribution in [1.29, 1.82) is 0 Å². The molecule has 0 aliphatic heterocycles. The standard InChI is InChI=1S/C26H23F3N4O3/c1-15(16-9-11-17(12-10-16)25(35)36-3)31-24(34)22-21(20-8-5-13-30-23(20)33(22)2)32-19-7-4-6-18(14-19)26(27,28)29/h4-15,32H,1-3H3,(H,31,34)/t15-/m0/s1. The van der Waals surface area contributed by atoms with Gasteiger partial charge in [0.05, 0.1) is 30.0 Å².